The summed E-state index contributed by atoms with van der Waals surface area (Å²) in [7, 11) is 0. The van der Waals surface area contributed by atoms with Gasteiger partial charge in [-0.15, -0.1) is 11.3 Å². The third-order valence-electron chi connectivity index (χ3n) is 5.20. The zero-order valence-electron chi connectivity index (χ0n) is 16.3. The Balaban J connectivity index is 1.50. The molecule has 7 nitrogen and oxygen atoms in total. The lowest BCUT2D eigenvalue weighted by molar-refractivity contribution is -0.139. The van der Waals surface area contributed by atoms with Crippen molar-refractivity contribution in [1.82, 2.24) is 5.32 Å². The Kier molecular flexibility index (Phi) is 6.36. The van der Waals surface area contributed by atoms with Gasteiger partial charge in [-0.3, -0.25) is 19.7 Å². The summed E-state index contributed by atoms with van der Waals surface area (Å²) in [5, 5.41) is 9.82. The van der Waals surface area contributed by atoms with Gasteiger partial charge in [0.2, 0.25) is 5.91 Å². The highest BCUT2D eigenvalue weighted by Gasteiger charge is 2.28. The first-order chi connectivity index (χ1) is 14.5. The van der Waals surface area contributed by atoms with Crippen molar-refractivity contribution < 1.29 is 19.1 Å². The summed E-state index contributed by atoms with van der Waals surface area (Å²) in [5.41, 5.74) is 2.18. The molecule has 30 heavy (non-hydrogen) atoms. The molecule has 2 amide bonds. The zero-order chi connectivity index (χ0) is 21.1. The van der Waals surface area contributed by atoms with Crippen LogP contribution in [0.1, 0.15) is 40.1 Å². The van der Waals surface area contributed by atoms with Crippen LogP contribution in [0.5, 0.6) is 0 Å². The number of benzene rings is 1. The quantitative estimate of drug-likeness (QED) is 0.590. The van der Waals surface area contributed by atoms with E-state index in [2.05, 4.69) is 16.0 Å². The molecule has 0 saturated carbocycles. The molecule has 1 aliphatic heterocycles. The van der Waals surface area contributed by atoms with E-state index in [0.717, 1.165) is 36.1 Å². The van der Waals surface area contributed by atoms with Crippen molar-refractivity contribution in [2.24, 2.45) is 0 Å². The van der Waals surface area contributed by atoms with E-state index in [1.165, 1.54) is 11.3 Å². The smallest absolute Gasteiger partial charge is 0.323 e. The van der Waals surface area contributed by atoms with E-state index in [1.807, 2.05) is 0 Å². The Bertz CT molecular complexity index is 973. The summed E-state index contributed by atoms with van der Waals surface area (Å²) < 4.78 is 4.89. The summed E-state index contributed by atoms with van der Waals surface area (Å²) in [6, 6.07) is 6.44. The normalized spacial score (nSPS) is 17.9. The van der Waals surface area contributed by atoms with E-state index in [9.17, 15) is 14.4 Å². The van der Waals surface area contributed by atoms with Gasteiger partial charge in [-0.1, -0.05) is 11.6 Å². The first-order valence-corrected chi connectivity index (χ1v) is 11.1. The molecule has 1 aliphatic carbocycles. The van der Waals surface area contributed by atoms with Crippen LogP contribution >= 0.6 is 22.9 Å². The SMILES string of the molecule is O=C(CNC1CCOC1=O)Nc1sc2c(c1C(=O)Nc1ccc(Cl)cc1)CCCC2. The molecule has 0 bridgehead atoms. The van der Waals surface area contributed by atoms with Crippen molar-refractivity contribution in [3.8, 4) is 0 Å². The van der Waals surface area contributed by atoms with Crippen LogP contribution in [0.3, 0.4) is 0 Å². The molecule has 2 aromatic rings. The summed E-state index contributed by atoms with van der Waals surface area (Å²) in [5.74, 6) is -0.884. The number of anilines is 2. The van der Waals surface area contributed by atoms with Gasteiger partial charge in [0.1, 0.15) is 11.0 Å². The van der Waals surface area contributed by atoms with Gasteiger partial charge >= 0.3 is 5.97 Å². The fourth-order valence-electron chi connectivity index (χ4n) is 3.69. The number of nitrogens with one attached hydrogen (secondary N) is 3. The second-order valence-electron chi connectivity index (χ2n) is 7.31. The maximum Gasteiger partial charge on any atom is 0.323 e. The Morgan fingerprint density at radius 1 is 1.13 bits per heavy atom. The van der Waals surface area contributed by atoms with Gasteiger partial charge in [0.15, 0.2) is 0 Å². The van der Waals surface area contributed by atoms with E-state index in [4.69, 9.17) is 16.3 Å². The van der Waals surface area contributed by atoms with Crippen LogP contribution < -0.4 is 16.0 Å². The molecular weight excluding hydrogens is 426 g/mol. The number of carbonyl (C=O) groups is 3. The number of esters is 1. The standard InChI is InChI=1S/C21H22ClN3O4S/c22-12-5-7-13(8-6-12)24-19(27)18-14-3-1-2-4-16(14)30-20(18)25-17(26)11-23-15-9-10-29-21(15)28/h5-8,15,23H,1-4,9-11H2,(H,24,27)(H,25,26). The average molecular weight is 448 g/mol. The summed E-state index contributed by atoms with van der Waals surface area (Å²) in [4.78, 5) is 38.3. The van der Waals surface area contributed by atoms with Gasteiger partial charge in [0.05, 0.1) is 18.7 Å². The summed E-state index contributed by atoms with van der Waals surface area (Å²) in [6.07, 6.45) is 4.36. The largest absolute Gasteiger partial charge is 0.464 e. The molecule has 1 unspecified atom stereocenters. The topological polar surface area (TPSA) is 96.5 Å². The van der Waals surface area contributed by atoms with Gasteiger partial charge in [-0.2, -0.15) is 0 Å². The molecular formula is C21H22ClN3O4S. The predicted molar refractivity (Wildman–Crippen MR) is 116 cm³/mol. The highest BCUT2D eigenvalue weighted by atomic mass is 35.5. The molecule has 0 spiro atoms. The van der Waals surface area contributed by atoms with E-state index < -0.39 is 6.04 Å². The van der Waals surface area contributed by atoms with Gasteiger partial charge in [-0.25, -0.2) is 0 Å². The van der Waals surface area contributed by atoms with E-state index in [1.54, 1.807) is 24.3 Å². The zero-order valence-corrected chi connectivity index (χ0v) is 17.8. The summed E-state index contributed by atoms with van der Waals surface area (Å²) >= 11 is 7.37. The van der Waals surface area contributed by atoms with Gasteiger partial charge < -0.3 is 15.4 Å². The molecule has 1 fully saturated rings. The number of cyclic esters (lactones) is 1. The lowest BCUT2D eigenvalue weighted by Gasteiger charge is -2.13. The third kappa shape index (κ3) is 4.66. The maximum atomic E-state index is 13.1. The number of aryl methyl sites for hydroxylation is 1. The maximum absolute atomic E-state index is 13.1. The van der Waals surface area contributed by atoms with Crippen LogP contribution in [-0.4, -0.2) is 37.0 Å². The third-order valence-corrected chi connectivity index (χ3v) is 6.66. The van der Waals surface area contributed by atoms with Crippen molar-refractivity contribution in [3.05, 3.63) is 45.3 Å². The first-order valence-electron chi connectivity index (χ1n) is 9.92. The molecule has 1 aromatic heterocycles. The number of carbonyl (C=O) groups excluding carboxylic acids is 3. The number of amides is 2. The van der Waals surface area contributed by atoms with Crippen LogP contribution in [0.2, 0.25) is 5.02 Å². The lowest BCUT2D eigenvalue weighted by Crippen LogP contribution is -2.38. The van der Waals surface area contributed by atoms with Crippen LogP contribution in [-0.2, 0) is 27.2 Å². The molecule has 1 aromatic carbocycles. The number of hydrogen-bond donors (Lipinski definition) is 3. The number of hydrogen-bond acceptors (Lipinski definition) is 6. The van der Waals surface area contributed by atoms with E-state index in [0.29, 0.717) is 34.3 Å². The van der Waals surface area contributed by atoms with Crippen molar-refractivity contribution in [2.45, 2.75) is 38.1 Å². The lowest BCUT2D eigenvalue weighted by atomic mass is 9.95. The average Bonchev–Trinajstić information content (AvgIpc) is 3.30. The fourth-order valence-corrected chi connectivity index (χ4v) is 5.12. The second-order valence-corrected chi connectivity index (χ2v) is 8.86. The number of thiophene rings is 1. The molecule has 1 saturated heterocycles. The number of fused-ring (bicyclic) bond motifs is 1. The minimum Gasteiger partial charge on any atom is -0.464 e. The molecule has 0 radical (unpaired) electrons. The number of rotatable bonds is 6. The van der Waals surface area contributed by atoms with Gasteiger partial charge in [0, 0.05) is 22.0 Å². The molecule has 1 atom stereocenters. The summed E-state index contributed by atoms with van der Waals surface area (Å²) in [6.45, 7) is 0.339. The Labute approximate surface area is 183 Å². The Hall–Kier alpha value is -2.42. The first kappa shape index (κ1) is 20.8. The van der Waals surface area contributed by atoms with Crippen LogP contribution in [0.25, 0.3) is 0 Å². The Morgan fingerprint density at radius 3 is 2.63 bits per heavy atom. The number of halogens is 1. The minimum absolute atomic E-state index is 0.0272. The predicted octanol–water partition coefficient (Wildman–Crippen LogP) is 3.38. The van der Waals surface area contributed by atoms with Gasteiger partial charge in [-0.05, 0) is 55.5 Å². The molecule has 4 rings (SSSR count). The molecule has 9 heteroatoms. The number of ether oxygens (including phenoxy) is 1. The van der Waals surface area contributed by atoms with Crippen LogP contribution in [0.4, 0.5) is 10.7 Å². The monoisotopic (exact) mass is 447 g/mol. The van der Waals surface area contributed by atoms with E-state index in [-0.39, 0.29) is 24.3 Å². The van der Waals surface area contributed by atoms with Crippen LogP contribution in [0.15, 0.2) is 24.3 Å². The van der Waals surface area contributed by atoms with E-state index >= 15 is 0 Å². The highest BCUT2D eigenvalue weighted by molar-refractivity contribution is 7.17. The van der Waals surface area contributed by atoms with Crippen molar-refractivity contribution >= 4 is 51.4 Å². The van der Waals surface area contributed by atoms with Crippen molar-refractivity contribution in [2.75, 3.05) is 23.8 Å². The van der Waals surface area contributed by atoms with Crippen LogP contribution in [0, 0.1) is 0 Å². The van der Waals surface area contributed by atoms with Crippen molar-refractivity contribution in [1.29, 1.82) is 0 Å². The fraction of sp³-hybridized carbons (Fsp3) is 0.381. The molecule has 2 aliphatic rings. The highest BCUT2D eigenvalue weighted by Crippen LogP contribution is 2.38. The molecule has 3 N–H and O–H groups in total. The molecule has 158 valence electrons. The van der Waals surface area contributed by atoms with Gasteiger partial charge in [0.25, 0.3) is 5.91 Å². The molecule has 2 heterocycles. The Morgan fingerprint density at radius 2 is 1.90 bits per heavy atom. The second kappa shape index (κ2) is 9.16. The minimum atomic E-state index is -0.458. The van der Waals surface area contributed by atoms with Crippen molar-refractivity contribution in [3.63, 3.8) is 0 Å².